The van der Waals surface area contributed by atoms with Gasteiger partial charge in [-0.15, -0.1) is 23.2 Å². The Labute approximate surface area is 220 Å². The molecule has 2 aromatic rings. The van der Waals surface area contributed by atoms with Crippen LogP contribution in [0.15, 0.2) is 36.4 Å². The summed E-state index contributed by atoms with van der Waals surface area (Å²) in [7, 11) is 0. The van der Waals surface area contributed by atoms with Gasteiger partial charge in [-0.1, -0.05) is 34.8 Å². The molecule has 2 aromatic carbocycles. The van der Waals surface area contributed by atoms with Crippen molar-refractivity contribution in [1.29, 1.82) is 5.26 Å². The van der Waals surface area contributed by atoms with E-state index in [9.17, 15) is 14.4 Å². The summed E-state index contributed by atoms with van der Waals surface area (Å²) >= 11 is 31.0. The Bertz CT molecular complexity index is 1230. The van der Waals surface area contributed by atoms with Crippen LogP contribution >= 0.6 is 58.0 Å². The maximum atomic E-state index is 12.9. The average Bonchev–Trinajstić information content (AvgIpc) is 3.67. The smallest absolute Gasteiger partial charge is 0.240 e. The number of halogens is 5. The van der Waals surface area contributed by atoms with E-state index in [0.29, 0.717) is 34.1 Å². The maximum absolute atomic E-state index is 12.9. The summed E-state index contributed by atoms with van der Waals surface area (Å²) in [6, 6.07) is 11.2. The summed E-state index contributed by atoms with van der Waals surface area (Å²) in [6.45, 7) is -0.327. The van der Waals surface area contributed by atoms with Gasteiger partial charge >= 0.3 is 0 Å². The van der Waals surface area contributed by atoms with E-state index in [-0.39, 0.29) is 17.1 Å². The zero-order chi connectivity index (χ0) is 24.8. The van der Waals surface area contributed by atoms with Crippen LogP contribution in [-0.4, -0.2) is 28.5 Å². The lowest BCUT2D eigenvalue weighted by atomic mass is 10.1. The topological polar surface area (TPSA) is 99.1 Å². The van der Waals surface area contributed by atoms with Gasteiger partial charge in [0.15, 0.2) is 5.78 Å². The normalized spacial score (nSPS) is 21.2. The van der Waals surface area contributed by atoms with Crippen molar-refractivity contribution >= 4 is 81.3 Å². The molecule has 176 valence electrons. The highest BCUT2D eigenvalue weighted by molar-refractivity contribution is 6.53. The van der Waals surface area contributed by atoms with Crippen LogP contribution in [0.3, 0.4) is 0 Å². The Morgan fingerprint density at radius 1 is 1.03 bits per heavy atom. The second kappa shape index (κ2) is 9.22. The van der Waals surface area contributed by atoms with E-state index in [2.05, 4.69) is 10.6 Å². The molecule has 2 aliphatic carbocycles. The number of anilines is 1. The fourth-order valence-corrected chi connectivity index (χ4v) is 5.39. The summed E-state index contributed by atoms with van der Waals surface area (Å²) in [5.74, 6) is -2.70. The number of nitrogens with one attached hydrogen (secondary N) is 2. The number of ketones is 1. The minimum Gasteiger partial charge on any atom is -0.347 e. The van der Waals surface area contributed by atoms with Crippen molar-refractivity contribution in [2.75, 3.05) is 11.9 Å². The number of nitrogens with zero attached hydrogens (tertiary/aromatic N) is 1. The van der Waals surface area contributed by atoms with Gasteiger partial charge in [0.2, 0.25) is 11.8 Å². The van der Waals surface area contributed by atoms with Crippen LogP contribution < -0.4 is 10.6 Å². The summed E-state index contributed by atoms with van der Waals surface area (Å²) in [5.41, 5.74) is 0.0113. The van der Waals surface area contributed by atoms with E-state index < -0.39 is 39.2 Å². The Hall–Kier alpha value is -2.01. The van der Waals surface area contributed by atoms with Crippen LogP contribution in [0, 0.1) is 22.7 Å². The number of amides is 2. The Morgan fingerprint density at radius 2 is 1.68 bits per heavy atom. The molecule has 0 radical (unpaired) electrons. The van der Waals surface area contributed by atoms with Gasteiger partial charge in [0, 0.05) is 27.2 Å². The molecule has 2 fully saturated rings. The van der Waals surface area contributed by atoms with Crippen LogP contribution in [0.2, 0.25) is 15.1 Å². The molecule has 2 saturated carbocycles. The van der Waals surface area contributed by atoms with Gasteiger partial charge < -0.3 is 10.6 Å². The Kier molecular flexibility index (Phi) is 6.80. The van der Waals surface area contributed by atoms with E-state index in [0.717, 1.165) is 0 Å². The molecule has 6 nitrogen and oxygen atoms in total. The minimum atomic E-state index is -1.35. The van der Waals surface area contributed by atoms with Crippen molar-refractivity contribution in [3.05, 3.63) is 62.6 Å². The molecule has 2 aliphatic rings. The second-order valence-corrected chi connectivity index (χ2v) is 11.0. The zero-order valence-electron chi connectivity index (χ0n) is 17.3. The third kappa shape index (κ3) is 4.86. The number of hydrogen-bond donors (Lipinski definition) is 2. The van der Waals surface area contributed by atoms with E-state index in [1.807, 2.05) is 6.07 Å². The number of carbonyl (C=O) groups is 3. The largest absolute Gasteiger partial charge is 0.347 e. The molecule has 0 bridgehead atoms. The van der Waals surface area contributed by atoms with Crippen LogP contribution in [0.1, 0.15) is 34.7 Å². The molecule has 0 spiro atoms. The summed E-state index contributed by atoms with van der Waals surface area (Å²) in [4.78, 5) is 37.7. The number of rotatable bonds is 7. The molecular weight excluding hydrogens is 544 g/mol. The van der Waals surface area contributed by atoms with Crippen LogP contribution in [0.25, 0.3) is 0 Å². The highest BCUT2D eigenvalue weighted by Crippen LogP contribution is 2.65. The van der Waals surface area contributed by atoms with Gasteiger partial charge in [0.05, 0.1) is 23.6 Å². The van der Waals surface area contributed by atoms with Crippen molar-refractivity contribution in [2.24, 2.45) is 11.3 Å². The standard InChI is InChI=1S/C23H16Cl5N3O3/c24-12-5-11(6-13(25)7-12)18-19(23(18,27)28)20(33)31-14-1-2-16(26)15(8-14)17(32)9-30-21(34)22(10-29)3-4-22/h1-2,5-8,18-19H,3-4,9H2,(H,30,34)(H,31,33). The summed E-state index contributed by atoms with van der Waals surface area (Å²) < 4.78 is -1.35. The van der Waals surface area contributed by atoms with Crippen LogP contribution in [0.4, 0.5) is 5.69 Å². The van der Waals surface area contributed by atoms with E-state index in [4.69, 9.17) is 63.3 Å². The average molecular weight is 560 g/mol. The summed E-state index contributed by atoms with van der Waals surface area (Å²) in [6.07, 6.45) is 0.940. The van der Waals surface area contributed by atoms with Crippen molar-refractivity contribution in [2.45, 2.75) is 23.1 Å². The van der Waals surface area contributed by atoms with Gasteiger partial charge in [-0.2, -0.15) is 5.26 Å². The van der Waals surface area contributed by atoms with Gasteiger partial charge in [-0.25, -0.2) is 0 Å². The fourth-order valence-electron chi connectivity index (χ4n) is 3.80. The molecule has 34 heavy (non-hydrogen) atoms. The first-order chi connectivity index (χ1) is 16.0. The van der Waals surface area contributed by atoms with Gasteiger partial charge in [-0.3, -0.25) is 14.4 Å². The first-order valence-electron chi connectivity index (χ1n) is 10.2. The molecule has 2 unspecified atom stereocenters. The van der Waals surface area contributed by atoms with Crippen LogP contribution in [-0.2, 0) is 9.59 Å². The van der Waals surface area contributed by atoms with E-state index in [1.54, 1.807) is 18.2 Å². The third-order valence-electron chi connectivity index (χ3n) is 5.92. The van der Waals surface area contributed by atoms with Crippen LogP contribution in [0.5, 0.6) is 0 Å². The second-order valence-electron chi connectivity index (χ2n) is 8.32. The Balaban J connectivity index is 1.44. The molecule has 0 saturated heterocycles. The van der Waals surface area contributed by atoms with Crippen molar-refractivity contribution in [1.82, 2.24) is 5.32 Å². The van der Waals surface area contributed by atoms with Gasteiger partial charge in [0.25, 0.3) is 0 Å². The zero-order valence-corrected chi connectivity index (χ0v) is 21.1. The van der Waals surface area contributed by atoms with Crippen molar-refractivity contribution in [3.8, 4) is 6.07 Å². The van der Waals surface area contributed by atoms with Crippen molar-refractivity contribution in [3.63, 3.8) is 0 Å². The number of Topliss-reactive ketones (excluding diaryl/α,β-unsaturated/α-hetero) is 1. The predicted molar refractivity (Wildman–Crippen MR) is 132 cm³/mol. The number of benzene rings is 2. The molecule has 0 heterocycles. The molecule has 0 aliphatic heterocycles. The third-order valence-corrected chi connectivity index (χ3v) is 7.63. The molecule has 11 heteroatoms. The quantitative estimate of drug-likeness (QED) is 0.332. The molecule has 0 aromatic heterocycles. The maximum Gasteiger partial charge on any atom is 0.240 e. The first-order valence-corrected chi connectivity index (χ1v) is 12.0. The number of alkyl halides is 2. The molecule has 4 rings (SSSR count). The number of carbonyl (C=O) groups excluding carboxylic acids is 3. The lowest BCUT2D eigenvalue weighted by molar-refractivity contribution is -0.124. The van der Waals surface area contributed by atoms with Crippen molar-refractivity contribution < 1.29 is 14.4 Å². The highest BCUT2D eigenvalue weighted by atomic mass is 35.5. The van der Waals surface area contributed by atoms with Gasteiger partial charge in [-0.05, 0) is 54.8 Å². The lowest BCUT2D eigenvalue weighted by Gasteiger charge is -2.11. The molecule has 2 atom stereocenters. The predicted octanol–water partition coefficient (Wildman–Crippen LogP) is 5.78. The lowest BCUT2D eigenvalue weighted by Crippen LogP contribution is -2.35. The minimum absolute atomic E-state index is 0.110. The number of hydrogen-bond acceptors (Lipinski definition) is 4. The highest BCUT2D eigenvalue weighted by Gasteiger charge is 2.67. The fraction of sp³-hybridized carbons (Fsp3) is 0.304. The first kappa shape index (κ1) is 25.1. The van der Waals surface area contributed by atoms with Gasteiger partial charge in [0.1, 0.15) is 9.75 Å². The molecule has 2 N–H and O–H groups in total. The SMILES string of the molecule is N#CC1(C(=O)NCC(=O)c2cc(NC(=O)C3C(c4cc(Cl)cc(Cl)c4)C3(Cl)Cl)ccc2Cl)CC1. The summed E-state index contributed by atoms with van der Waals surface area (Å²) in [5, 5.41) is 15.2. The molecular formula is C23H16Cl5N3O3. The Morgan fingerprint density at radius 3 is 2.26 bits per heavy atom. The van der Waals surface area contributed by atoms with E-state index in [1.165, 1.54) is 18.2 Å². The monoisotopic (exact) mass is 557 g/mol. The molecule has 2 amide bonds. The number of nitriles is 1. The van der Waals surface area contributed by atoms with E-state index >= 15 is 0 Å².